The van der Waals surface area contributed by atoms with Crippen LogP contribution in [0, 0.1) is 16.0 Å². The highest BCUT2D eigenvalue weighted by Crippen LogP contribution is 2.24. The molecule has 2 rings (SSSR count). The number of nitrogens with zero attached hydrogens (tertiary/aromatic N) is 4. The molecule has 124 valence electrons. The number of hydrogen-bond acceptors (Lipinski definition) is 6. The molecule has 2 N–H and O–H groups in total. The summed E-state index contributed by atoms with van der Waals surface area (Å²) in [5.74, 6) is -0.192. The van der Waals surface area contributed by atoms with Gasteiger partial charge in [0, 0.05) is 25.4 Å². The summed E-state index contributed by atoms with van der Waals surface area (Å²) in [7, 11) is 0. The molecule has 0 bridgehead atoms. The van der Waals surface area contributed by atoms with E-state index < -0.39 is 4.92 Å². The third-order valence-electron chi connectivity index (χ3n) is 3.62. The number of nitrogens with two attached hydrogens (primary N) is 1. The Labute approximate surface area is 133 Å². The van der Waals surface area contributed by atoms with Crippen molar-refractivity contribution in [2.45, 2.75) is 19.8 Å². The molecule has 0 amide bonds. The average Bonchev–Trinajstić information content (AvgIpc) is 2.55. The van der Waals surface area contributed by atoms with Crippen molar-refractivity contribution >= 4 is 23.4 Å². The second kappa shape index (κ2) is 7.52. The standard InChI is InChI=1S/C14H19N5O4/c1-2-23-13(20)10-5-8-18(9-6-10)14(15)17-12-11(19(21)22)4-3-7-16-12/h3-4,7,10H,2,5-6,8-9H2,1H3,(H2,15,16,17). The highest BCUT2D eigenvalue weighted by molar-refractivity contribution is 5.82. The molecule has 1 aliphatic rings. The number of likely N-dealkylation sites (tertiary alicyclic amines) is 1. The Kier molecular flexibility index (Phi) is 5.45. The summed E-state index contributed by atoms with van der Waals surface area (Å²) in [4.78, 5) is 31.8. The fourth-order valence-corrected chi connectivity index (χ4v) is 2.40. The van der Waals surface area contributed by atoms with E-state index in [9.17, 15) is 14.9 Å². The molecule has 0 atom stereocenters. The van der Waals surface area contributed by atoms with Gasteiger partial charge in [-0.15, -0.1) is 0 Å². The highest BCUT2D eigenvalue weighted by atomic mass is 16.6. The predicted octanol–water partition coefficient (Wildman–Crippen LogP) is 1.21. The van der Waals surface area contributed by atoms with Crippen LogP contribution in [0.1, 0.15) is 19.8 Å². The highest BCUT2D eigenvalue weighted by Gasteiger charge is 2.27. The predicted molar refractivity (Wildman–Crippen MR) is 83.1 cm³/mol. The molecule has 0 spiro atoms. The minimum Gasteiger partial charge on any atom is -0.466 e. The zero-order chi connectivity index (χ0) is 16.8. The van der Waals surface area contributed by atoms with Crippen molar-refractivity contribution in [2.24, 2.45) is 16.6 Å². The molecule has 1 aliphatic heterocycles. The summed E-state index contributed by atoms with van der Waals surface area (Å²) < 4.78 is 5.01. The molecule has 1 fully saturated rings. The lowest BCUT2D eigenvalue weighted by Crippen LogP contribution is -2.44. The van der Waals surface area contributed by atoms with E-state index in [-0.39, 0.29) is 29.4 Å². The van der Waals surface area contributed by atoms with Crippen LogP contribution in [0.15, 0.2) is 23.3 Å². The molecule has 23 heavy (non-hydrogen) atoms. The van der Waals surface area contributed by atoms with Crippen molar-refractivity contribution in [3.8, 4) is 0 Å². The molecule has 1 aromatic heterocycles. The number of pyridine rings is 1. The van der Waals surface area contributed by atoms with Crippen molar-refractivity contribution in [3.05, 3.63) is 28.4 Å². The second-order valence-corrected chi connectivity index (χ2v) is 5.09. The van der Waals surface area contributed by atoms with Gasteiger partial charge < -0.3 is 15.4 Å². The largest absolute Gasteiger partial charge is 0.466 e. The molecule has 9 nitrogen and oxygen atoms in total. The lowest BCUT2D eigenvalue weighted by atomic mass is 9.97. The normalized spacial score (nSPS) is 16.2. The van der Waals surface area contributed by atoms with Crippen molar-refractivity contribution < 1.29 is 14.5 Å². The number of esters is 1. The maximum Gasteiger partial charge on any atom is 0.313 e. The van der Waals surface area contributed by atoms with Gasteiger partial charge in [-0.3, -0.25) is 14.9 Å². The van der Waals surface area contributed by atoms with E-state index in [2.05, 4.69) is 9.98 Å². The molecular weight excluding hydrogens is 302 g/mol. The molecule has 0 radical (unpaired) electrons. The van der Waals surface area contributed by atoms with Crippen LogP contribution in [0.5, 0.6) is 0 Å². The first-order chi connectivity index (χ1) is 11.0. The smallest absolute Gasteiger partial charge is 0.313 e. The summed E-state index contributed by atoms with van der Waals surface area (Å²) in [6, 6.07) is 2.80. The number of carbonyl (C=O) groups excluding carboxylic acids is 1. The molecule has 0 saturated carbocycles. The number of aromatic nitrogens is 1. The van der Waals surface area contributed by atoms with Crippen molar-refractivity contribution in [2.75, 3.05) is 19.7 Å². The lowest BCUT2D eigenvalue weighted by Gasteiger charge is -2.31. The Morgan fingerprint density at radius 2 is 2.26 bits per heavy atom. The number of ether oxygens (including phenoxy) is 1. The Morgan fingerprint density at radius 3 is 2.87 bits per heavy atom. The monoisotopic (exact) mass is 321 g/mol. The van der Waals surface area contributed by atoms with Crippen LogP contribution in [0.4, 0.5) is 11.5 Å². The summed E-state index contributed by atoms with van der Waals surface area (Å²) in [5, 5.41) is 10.9. The Balaban J connectivity index is 2.04. The number of guanidine groups is 1. The van der Waals surface area contributed by atoms with Crippen molar-refractivity contribution in [1.82, 2.24) is 9.88 Å². The minimum atomic E-state index is -0.550. The maximum atomic E-state index is 11.7. The maximum absolute atomic E-state index is 11.7. The first-order valence-corrected chi connectivity index (χ1v) is 7.38. The van der Waals surface area contributed by atoms with Gasteiger partial charge in [-0.2, -0.15) is 4.99 Å². The molecule has 1 aromatic rings. The van der Waals surface area contributed by atoms with Crippen LogP contribution in [0.25, 0.3) is 0 Å². The molecule has 1 saturated heterocycles. The van der Waals surface area contributed by atoms with Crippen LogP contribution in [0.3, 0.4) is 0 Å². The number of aliphatic imine (C=N–C) groups is 1. The van der Waals surface area contributed by atoms with Crippen molar-refractivity contribution in [3.63, 3.8) is 0 Å². The Bertz CT molecular complexity index is 611. The number of carbonyl (C=O) groups is 1. The van der Waals surface area contributed by atoms with Gasteiger partial charge in [0.15, 0.2) is 5.96 Å². The summed E-state index contributed by atoms with van der Waals surface area (Å²) in [6.45, 7) is 3.22. The molecular formula is C14H19N5O4. The van der Waals surface area contributed by atoms with Crippen LogP contribution in [0.2, 0.25) is 0 Å². The summed E-state index contributed by atoms with van der Waals surface area (Å²) in [6.07, 6.45) is 2.64. The molecule has 2 heterocycles. The van der Waals surface area contributed by atoms with Gasteiger partial charge in [-0.1, -0.05) is 0 Å². The van der Waals surface area contributed by atoms with Gasteiger partial charge in [-0.05, 0) is 25.8 Å². The number of nitro groups is 1. The SMILES string of the molecule is CCOC(=O)C1CCN(/C(N)=N/c2ncccc2[N+](=O)[O-])CC1. The number of rotatable bonds is 4. The first-order valence-electron chi connectivity index (χ1n) is 7.38. The Hall–Kier alpha value is -2.71. The second-order valence-electron chi connectivity index (χ2n) is 5.09. The molecule has 9 heteroatoms. The first kappa shape index (κ1) is 16.7. The van der Waals surface area contributed by atoms with E-state index in [1.54, 1.807) is 11.8 Å². The number of hydrogen-bond donors (Lipinski definition) is 1. The van der Waals surface area contributed by atoms with Crippen LogP contribution < -0.4 is 5.73 Å². The van der Waals surface area contributed by atoms with E-state index in [4.69, 9.17) is 10.5 Å². The van der Waals surface area contributed by atoms with Gasteiger partial charge in [0.25, 0.3) is 0 Å². The molecule has 0 aliphatic carbocycles. The van der Waals surface area contributed by atoms with Gasteiger partial charge in [0.05, 0.1) is 17.4 Å². The molecule has 0 unspecified atom stereocenters. The fourth-order valence-electron chi connectivity index (χ4n) is 2.40. The van der Waals surface area contributed by atoms with E-state index in [0.29, 0.717) is 32.5 Å². The minimum absolute atomic E-state index is 0.0254. The average molecular weight is 321 g/mol. The van der Waals surface area contributed by atoms with Crippen molar-refractivity contribution in [1.29, 1.82) is 0 Å². The fraction of sp³-hybridized carbons (Fsp3) is 0.500. The third-order valence-corrected chi connectivity index (χ3v) is 3.62. The Morgan fingerprint density at radius 1 is 1.57 bits per heavy atom. The molecule has 0 aromatic carbocycles. The van der Waals surface area contributed by atoms with E-state index in [0.717, 1.165) is 0 Å². The van der Waals surface area contributed by atoms with Crippen LogP contribution in [-0.2, 0) is 9.53 Å². The zero-order valence-electron chi connectivity index (χ0n) is 12.8. The van der Waals surface area contributed by atoms with Crippen LogP contribution >= 0.6 is 0 Å². The van der Waals surface area contributed by atoms with E-state index in [1.165, 1.54) is 18.3 Å². The van der Waals surface area contributed by atoms with Gasteiger partial charge in [0.1, 0.15) is 0 Å². The summed E-state index contributed by atoms with van der Waals surface area (Å²) >= 11 is 0. The topological polar surface area (TPSA) is 124 Å². The van der Waals surface area contributed by atoms with E-state index in [1.807, 2.05) is 0 Å². The van der Waals surface area contributed by atoms with E-state index >= 15 is 0 Å². The van der Waals surface area contributed by atoms with Gasteiger partial charge in [-0.25, -0.2) is 4.98 Å². The summed E-state index contributed by atoms with van der Waals surface area (Å²) in [5.41, 5.74) is 5.73. The van der Waals surface area contributed by atoms with Gasteiger partial charge >= 0.3 is 11.7 Å². The van der Waals surface area contributed by atoms with Crippen LogP contribution in [-0.4, -0.2) is 46.4 Å². The number of piperidine rings is 1. The third kappa shape index (κ3) is 4.15. The lowest BCUT2D eigenvalue weighted by molar-refractivity contribution is -0.384. The quantitative estimate of drug-likeness (QED) is 0.290. The zero-order valence-corrected chi connectivity index (χ0v) is 12.8. The van der Waals surface area contributed by atoms with Gasteiger partial charge in [0.2, 0.25) is 5.82 Å².